The van der Waals surface area contributed by atoms with Gasteiger partial charge in [0, 0.05) is 44.4 Å². The van der Waals surface area contributed by atoms with Crippen molar-refractivity contribution in [3.05, 3.63) is 65.6 Å². The van der Waals surface area contributed by atoms with Crippen molar-refractivity contribution in [1.82, 2.24) is 14.9 Å². The summed E-state index contributed by atoms with van der Waals surface area (Å²) in [6.07, 6.45) is 13.0. The molecule has 4 rings (SSSR count). The summed E-state index contributed by atoms with van der Waals surface area (Å²) in [5.41, 5.74) is 5.15. The highest BCUT2D eigenvalue weighted by Gasteiger charge is 2.29. The lowest BCUT2D eigenvalue weighted by atomic mass is 9.78. The molecule has 2 aliphatic heterocycles. The number of aldehydes is 1. The first-order valence-electron chi connectivity index (χ1n) is 12.8. The number of fused-ring (bicyclic) bond motifs is 1. The third kappa shape index (κ3) is 6.05. The van der Waals surface area contributed by atoms with Gasteiger partial charge in [0.1, 0.15) is 12.1 Å². The quantitative estimate of drug-likeness (QED) is 0.490. The number of nitrogens with one attached hydrogen (secondary N) is 1. The molecule has 1 fully saturated rings. The maximum atomic E-state index is 12.9. The zero-order valence-electron chi connectivity index (χ0n) is 20.5. The van der Waals surface area contributed by atoms with Crippen LogP contribution in [-0.2, 0) is 22.4 Å². The van der Waals surface area contributed by atoms with Gasteiger partial charge in [0.05, 0.1) is 5.69 Å². The minimum atomic E-state index is 0.110. The van der Waals surface area contributed by atoms with Crippen molar-refractivity contribution >= 4 is 30.2 Å². The average Bonchev–Trinajstić information content (AvgIpc) is 2.91. The second-order valence-corrected chi connectivity index (χ2v) is 9.57. The second-order valence-electron chi connectivity index (χ2n) is 9.57. The SMILES string of the molecule is C=Cc1cc(C(CC=O)C2CCN(C(=O)CCCc3ccc4c(n3)NCCC4)CC2)cnc1C=C. The van der Waals surface area contributed by atoms with Crippen molar-refractivity contribution in [1.29, 1.82) is 0 Å². The maximum Gasteiger partial charge on any atom is 0.222 e. The van der Waals surface area contributed by atoms with E-state index < -0.39 is 0 Å². The number of carbonyl (C=O) groups excluding carboxylic acids is 2. The fraction of sp³-hybridized carbons (Fsp3) is 0.448. The number of piperidine rings is 1. The zero-order valence-corrected chi connectivity index (χ0v) is 20.5. The highest BCUT2D eigenvalue weighted by Crippen LogP contribution is 2.35. The molecule has 6 nitrogen and oxygen atoms in total. The van der Waals surface area contributed by atoms with Crippen LogP contribution in [0, 0.1) is 5.92 Å². The highest BCUT2D eigenvalue weighted by atomic mass is 16.2. The number of aryl methyl sites for hydroxylation is 2. The van der Waals surface area contributed by atoms with Gasteiger partial charge in [-0.05, 0) is 85.3 Å². The van der Waals surface area contributed by atoms with Gasteiger partial charge in [-0.3, -0.25) is 9.78 Å². The summed E-state index contributed by atoms with van der Waals surface area (Å²) in [5.74, 6) is 1.70. The zero-order chi connectivity index (χ0) is 24.6. The van der Waals surface area contributed by atoms with Crippen molar-refractivity contribution in [2.24, 2.45) is 5.92 Å². The fourth-order valence-corrected chi connectivity index (χ4v) is 5.39. The molecule has 4 heterocycles. The predicted octanol–water partition coefficient (Wildman–Crippen LogP) is 5.05. The van der Waals surface area contributed by atoms with E-state index in [-0.39, 0.29) is 11.8 Å². The lowest BCUT2D eigenvalue weighted by Crippen LogP contribution is -2.39. The summed E-state index contributed by atoms with van der Waals surface area (Å²) in [4.78, 5) is 35.6. The van der Waals surface area contributed by atoms with E-state index in [2.05, 4.69) is 41.7 Å². The number of nitrogens with zero attached hydrogens (tertiary/aromatic N) is 3. The van der Waals surface area contributed by atoms with Gasteiger partial charge in [0.25, 0.3) is 0 Å². The van der Waals surface area contributed by atoms with E-state index in [0.29, 0.717) is 18.8 Å². The van der Waals surface area contributed by atoms with Crippen molar-refractivity contribution in [3.8, 4) is 0 Å². The molecule has 1 amide bonds. The van der Waals surface area contributed by atoms with Crippen LogP contribution in [0.2, 0.25) is 0 Å². The van der Waals surface area contributed by atoms with E-state index in [1.165, 1.54) is 5.56 Å². The van der Waals surface area contributed by atoms with Crippen molar-refractivity contribution in [2.45, 2.75) is 57.3 Å². The molecule has 2 aromatic rings. The number of anilines is 1. The van der Waals surface area contributed by atoms with Crippen LogP contribution < -0.4 is 5.32 Å². The molecule has 2 aliphatic rings. The largest absolute Gasteiger partial charge is 0.370 e. The predicted molar refractivity (Wildman–Crippen MR) is 141 cm³/mol. The number of hydrogen-bond acceptors (Lipinski definition) is 5. The molecule has 0 aromatic carbocycles. The molecule has 1 saturated heterocycles. The summed E-state index contributed by atoms with van der Waals surface area (Å²) in [5, 5.41) is 3.38. The Hall–Kier alpha value is -3.28. The highest BCUT2D eigenvalue weighted by molar-refractivity contribution is 5.76. The maximum absolute atomic E-state index is 12.9. The Kier molecular flexibility index (Phi) is 8.45. The van der Waals surface area contributed by atoms with E-state index in [0.717, 1.165) is 92.8 Å². The number of aromatic nitrogens is 2. The third-order valence-corrected chi connectivity index (χ3v) is 7.40. The number of amides is 1. The normalized spacial score (nSPS) is 16.6. The van der Waals surface area contributed by atoms with E-state index in [9.17, 15) is 9.59 Å². The molecule has 0 spiro atoms. The van der Waals surface area contributed by atoms with E-state index in [1.807, 2.05) is 11.1 Å². The monoisotopic (exact) mass is 472 g/mol. The number of rotatable bonds is 10. The third-order valence-electron chi connectivity index (χ3n) is 7.40. The van der Waals surface area contributed by atoms with Crippen LogP contribution >= 0.6 is 0 Å². The van der Waals surface area contributed by atoms with E-state index in [4.69, 9.17) is 4.98 Å². The summed E-state index contributed by atoms with van der Waals surface area (Å²) < 4.78 is 0. The number of hydrogen-bond donors (Lipinski definition) is 1. The molecule has 0 bridgehead atoms. The standard InChI is InChI=1S/C29H36N4O2/c1-3-21-19-24(20-31-27(21)4-2)26(14-18-34)22-12-16-33(17-13-22)28(35)9-5-8-25-11-10-23-7-6-15-30-29(23)32-25/h3-4,10-11,18-20,22,26H,1-2,5-9,12-17H2,(H,30,32). The molecule has 0 aliphatic carbocycles. The summed E-state index contributed by atoms with van der Waals surface area (Å²) in [6, 6.07) is 6.35. The molecule has 184 valence electrons. The van der Waals surface area contributed by atoms with Gasteiger partial charge < -0.3 is 15.0 Å². The fourth-order valence-electron chi connectivity index (χ4n) is 5.39. The molecular weight excluding hydrogens is 436 g/mol. The van der Waals surface area contributed by atoms with Gasteiger partial charge in [-0.1, -0.05) is 25.3 Å². The molecule has 0 saturated carbocycles. The smallest absolute Gasteiger partial charge is 0.222 e. The summed E-state index contributed by atoms with van der Waals surface area (Å²) >= 11 is 0. The molecule has 1 atom stereocenters. The van der Waals surface area contributed by atoms with Crippen LogP contribution in [0.3, 0.4) is 0 Å². The van der Waals surface area contributed by atoms with Gasteiger partial charge in [0.15, 0.2) is 0 Å². The van der Waals surface area contributed by atoms with Crippen LogP contribution in [0.4, 0.5) is 5.82 Å². The Morgan fingerprint density at radius 1 is 1.23 bits per heavy atom. The lowest BCUT2D eigenvalue weighted by Gasteiger charge is -2.36. The van der Waals surface area contributed by atoms with E-state index >= 15 is 0 Å². The molecule has 6 heteroatoms. The topological polar surface area (TPSA) is 75.2 Å². The number of likely N-dealkylation sites (tertiary alicyclic amines) is 1. The minimum Gasteiger partial charge on any atom is -0.370 e. The van der Waals surface area contributed by atoms with Gasteiger partial charge in [0.2, 0.25) is 5.91 Å². The minimum absolute atomic E-state index is 0.110. The first-order valence-corrected chi connectivity index (χ1v) is 12.8. The molecule has 2 aromatic heterocycles. The Morgan fingerprint density at radius 2 is 2.06 bits per heavy atom. The first kappa shape index (κ1) is 24.8. The lowest BCUT2D eigenvalue weighted by molar-refractivity contribution is -0.132. The van der Waals surface area contributed by atoms with Gasteiger partial charge in [-0.15, -0.1) is 0 Å². The van der Waals surface area contributed by atoms with Gasteiger partial charge >= 0.3 is 0 Å². The van der Waals surface area contributed by atoms with Crippen molar-refractivity contribution < 1.29 is 9.59 Å². The Bertz CT molecular complexity index is 1070. The van der Waals surface area contributed by atoms with Crippen molar-refractivity contribution in [2.75, 3.05) is 25.0 Å². The molecule has 1 unspecified atom stereocenters. The van der Waals surface area contributed by atoms with Crippen LogP contribution in [0.1, 0.15) is 72.5 Å². The molecular formula is C29H36N4O2. The van der Waals surface area contributed by atoms with Crippen LogP contribution in [0.15, 0.2) is 37.6 Å². The first-order chi connectivity index (χ1) is 17.1. The van der Waals surface area contributed by atoms with Crippen LogP contribution in [0.5, 0.6) is 0 Å². The molecule has 1 N–H and O–H groups in total. The van der Waals surface area contributed by atoms with Crippen molar-refractivity contribution in [3.63, 3.8) is 0 Å². The summed E-state index contributed by atoms with van der Waals surface area (Å²) in [6.45, 7) is 10.2. The number of carbonyl (C=O) groups is 2. The molecule has 35 heavy (non-hydrogen) atoms. The average molecular weight is 473 g/mol. The Morgan fingerprint density at radius 3 is 2.80 bits per heavy atom. The Labute approximate surface area is 208 Å². The van der Waals surface area contributed by atoms with Crippen LogP contribution in [0.25, 0.3) is 12.2 Å². The summed E-state index contributed by atoms with van der Waals surface area (Å²) in [7, 11) is 0. The van der Waals surface area contributed by atoms with Gasteiger partial charge in [-0.2, -0.15) is 0 Å². The second kappa shape index (κ2) is 11.9. The van der Waals surface area contributed by atoms with E-state index in [1.54, 1.807) is 12.2 Å². The Balaban J connectivity index is 1.29. The number of pyridine rings is 2. The van der Waals surface area contributed by atoms with Crippen LogP contribution in [-0.4, -0.2) is 46.7 Å². The molecule has 0 radical (unpaired) electrons. The van der Waals surface area contributed by atoms with Gasteiger partial charge in [-0.25, -0.2) is 4.98 Å².